The molecule has 2 N–H and O–H groups in total. The van der Waals surface area contributed by atoms with E-state index in [1.54, 1.807) is 0 Å². The maximum atomic E-state index is 5.22. The average molecular weight is 391 g/mol. The van der Waals surface area contributed by atoms with Crippen molar-refractivity contribution in [3.05, 3.63) is 60.7 Å². The summed E-state index contributed by atoms with van der Waals surface area (Å²) in [6.45, 7) is 5.42. The van der Waals surface area contributed by atoms with Crippen molar-refractivity contribution < 1.29 is 9.47 Å². The van der Waals surface area contributed by atoms with E-state index in [2.05, 4.69) is 10.6 Å². The molecule has 0 saturated heterocycles. The lowest BCUT2D eigenvalue weighted by molar-refractivity contribution is 0.312. The Morgan fingerprint density at radius 2 is 1.04 bits per heavy atom. The fraction of sp³-hybridized carbons (Fsp3) is 0.300. The molecular weight excluding hydrogens is 364 g/mol. The number of ether oxygens (including phenoxy) is 2. The number of rotatable bonds is 6. The molecule has 4 nitrogen and oxygen atoms in total. The van der Waals surface area contributed by atoms with Gasteiger partial charge >= 0.3 is 0 Å². The van der Waals surface area contributed by atoms with E-state index < -0.39 is 0 Å². The van der Waals surface area contributed by atoms with Crippen LogP contribution in [-0.2, 0) is 9.47 Å². The van der Waals surface area contributed by atoms with Gasteiger partial charge < -0.3 is 20.1 Å². The van der Waals surface area contributed by atoms with Gasteiger partial charge in [-0.2, -0.15) is 0 Å². The van der Waals surface area contributed by atoms with Crippen molar-refractivity contribution in [2.75, 3.05) is 23.8 Å². The number of thiocarbonyl (C=S) groups is 2. The van der Waals surface area contributed by atoms with Crippen LogP contribution in [0.25, 0.3) is 0 Å². The van der Waals surface area contributed by atoms with Gasteiger partial charge in [-0.15, -0.1) is 0 Å². The van der Waals surface area contributed by atoms with Gasteiger partial charge in [0.25, 0.3) is 10.3 Å². The summed E-state index contributed by atoms with van der Waals surface area (Å²) in [6, 6.07) is 19.5. The summed E-state index contributed by atoms with van der Waals surface area (Å²) >= 11 is 9.94. The highest BCUT2D eigenvalue weighted by molar-refractivity contribution is 7.80. The van der Waals surface area contributed by atoms with Crippen molar-refractivity contribution in [3.63, 3.8) is 0 Å². The van der Waals surface area contributed by atoms with Gasteiger partial charge in [0.15, 0.2) is 0 Å². The van der Waals surface area contributed by atoms with Gasteiger partial charge in [0.2, 0.25) is 0 Å². The van der Waals surface area contributed by atoms with Crippen molar-refractivity contribution in [2.45, 2.75) is 26.7 Å². The summed E-state index contributed by atoms with van der Waals surface area (Å²) in [5.41, 5.74) is 1.92. The first-order valence-corrected chi connectivity index (χ1v) is 9.45. The van der Waals surface area contributed by atoms with E-state index >= 15 is 0 Å². The van der Waals surface area contributed by atoms with Crippen LogP contribution in [0.4, 0.5) is 11.4 Å². The zero-order valence-electron chi connectivity index (χ0n) is 15.2. The van der Waals surface area contributed by atoms with Crippen LogP contribution in [0.2, 0.25) is 0 Å². The van der Waals surface area contributed by atoms with E-state index in [1.807, 2.05) is 74.5 Å². The minimum absolute atomic E-state index is 0.438. The molecule has 2 aromatic rings. The molecule has 6 heteroatoms. The van der Waals surface area contributed by atoms with Crippen molar-refractivity contribution in [1.29, 1.82) is 0 Å². The summed E-state index contributed by atoms with van der Waals surface area (Å²) in [5.74, 6) is 0. The van der Waals surface area contributed by atoms with Crippen LogP contribution < -0.4 is 10.6 Å². The average Bonchev–Trinajstić information content (AvgIpc) is 2.67. The van der Waals surface area contributed by atoms with Crippen molar-refractivity contribution in [1.82, 2.24) is 0 Å². The zero-order valence-corrected chi connectivity index (χ0v) is 16.9. The highest BCUT2D eigenvalue weighted by Crippen LogP contribution is 2.06. The molecular formula is C20H26N2O2S2. The van der Waals surface area contributed by atoms with E-state index in [0.717, 1.165) is 24.2 Å². The Labute approximate surface area is 166 Å². The molecule has 0 spiro atoms. The second-order valence-corrected chi connectivity index (χ2v) is 6.00. The van der Waals surface area contributed by atoms with Crippen LogP contribution in [-0.4, -0.2) is 23.6 Å². The summed E-state index contributed by atoms with van der Waals surface area (Å²) in [6.07, 6.45) is 1.94. The molecule has 0 aliphatic heterocycles. The molecule has 0 unspecified atom stereocenters. The Morgan fingerprint density at radius 1 is 0.692 bits per heavy atom. The standard InChI is InChI=1S/2C10H13NOS/c2*1-2-8-12-10(13)11-9-6-4-3-5-7-9/h2*3-7H,2,8H2,1H3,(H,11,13). The van der Waals surface area contributed by atoms with E-state index in [9.17, 15) is 0 Å². The monoisotopic (exact) mass is 390 g/mol. The molecule has 0 aliphatic carbocycles. The first kappa shape index (κ1) is 21.9. The van der Waals surface area contributed by atoms with Gasteiger partial charge in [0, 0.05) is 11.4 Å². The molecule has 2 aromatic carbocycles. The van der Waals surface area contributed by atoms with Crippen LogP contribution in [0.1, 0.15) is 26.7 Å². The summed E-state index contributed by atoms with van der Waals surface area (Å²) in [4.78, 5) is 0. The van der Waals surface area contributed by atoms with Crippen LogP contribution in [0.15, 0.2) is 60.7 Å². The third kappa shape index (κ3) is 10.6. The topological polar surface area (TPSA) is 42.5 Å². The van der Waals surface area contributed by atoms with Crippen LogP contribution in [0, 0.1) is 0 Å². The molecule has 0 aliphatic rings. The van der Waals surface area contributed by atoms with E-state index in [-0.39, 0.29) is 0 Å². The Kier molecular flexibility index (Phi) is 11.8. The predicted molar refractivity (Wildman–Crippen MR) is 118 cm³/mol. The Balaban J connectivity index is 0.000000260. The summed E-state index contributed by atoms with van der Waals surface area (Å²) in [5, 5.41) is 6.85. The second-order valence-electron chi connectivity index (χ2n) is 5.25. The Hall–Kier alpha value is -2.18. The second kappa shape index (κ2) is 14.0. The first-order valence-electron chi connectivity index (χ1n) is 8.63. The lowest BCUT2D eigenvalue weighted by Crippen LogP contribution is -2.13. The molecule has 0 fully saturated rings. The fourth-order valence-corrected chi connectivity index (χ4v) is 2.14. The number of hydrogen-bond acceptors (Lipinski definition) is 4. The number of nitrogens with one attached hydrogen (secondary N) is 2. The van der Waals surface area contributed by atoms with Crippen molar-refractivity contribution in [2.24, 2.45) is 0 Å². The van der Waals surface area contributed by atoms with Gasteiger partial charge in [-0.25, -0.2) is 0 Å². The Morgan fingerprint density at radius 3 is 1.35 bits per heavy atom. The fourth-order valence-electron chi connectivity index (χ4n) is 1.74. The summed E-state index contributed by atoms with van der Waals surface area (Å²) < 4.78 is 10.4. The maximum absolute atomic E-state index is 5.22. The highest BCUT2D eigenvalue weighted by Gasteiger charge is 1.96. The van der Waals surface area contributed by atoms with Crippen LogP contribution in [0.3, 0.4) is 0 Å². The third-order valence-electron chi connectivity index (χ3n) is 2.91. The maximum Gasteiger partial charge on any atom is 0.261 e. The van der Waals surface area contributed by atoms with Gasteiger partial charge in [-0.05, 0) is 61.5 Å². The molecule has 140 valence electrons. The largest absolute Gasteiger partial charge is 0.471 e. The van der Waals surface area contributed by atoms with E-state index in [1.165, 1.54) is 0 Å². The molecule has 0 saturated carbocycles. The lowest BCUT2D eigenvalue weighted by Gasteiger charge is -2.07. The number of hydrogen-bond donors (Lipinski definition) is 2. The quantitative estimate of drug-likeness (QED) is 0.624. The van der Waals surface area contributed by atoms with Crippen molar-refractivity contribution in [3.8, 4) is 0 Å². The van der Waals surface area contributed by atoms with E-state index in [0.29, 0.717) is 23.6 Å². The third-order valence-corrected chi connectivity index (χ3v) is 3.35. The molecule has 0 atom stereocenters. The highest BCUT2D eigenvalue weighted by atomic mass is 32.1. The molecule has 0 amide bonds. The minimum atomic E-state index is 0.438. The number of anilines is 2. The Bertz CT molecular complexity index is 579. The van der Waals surface area contributed by atoms with Gasteiger partial charge in [0.1, 0.15) is 0 Å². The summed E-state index contributed by atoms with van der Waals surface area (Å²) in [7, 11) is 0. The molecule has 0 aromatic heterocycles. The molecule has 0 bridgehead atoms. The lowest BCUT2D eigenvalue weighted by atomic mass is 10.3. The van der Waals surface area contributed by atoms with Crippen LogP contribution >= 0.6 is 24.4 Å². The van der Waals surface area contributed by atoms with E-state index in [4.69, 9.17) is 33.9 Å². The van der Waals surface area contributed by atoms with Gasteiger partial charge in [-0.1, -0.05) is 50.2 Å². The molecule has 0 radical (unpaired) electrons. The number of para-hydroxylation sites is 2. The molecule has 0 heterocycles. The predicted octanol–water partition coefficient (Wildman–Crippen LogP) is 5.62. The smallest absolute Gasteiger partial charge is 0.261 e. The van der Waals surface area contributed by atoms with Gasteiger partial charge in [-0.3, -0.25) is 0 Å². The van der Waals surface area contributed by atoms with Crippen LogP contribution in [0.5, 0.6) is 0 Å². The normalized spacial score (nSPS) is 9.31. The molecule has 26 heavy (non-hydrogen) atoms. The first-order chi connectivity index (χ1) is 12.7. The number of benzene rings is 2. The zero-order chi connectivity index (χ0) is 19.0. The molecule has 2 rings (SSSR count). The van der Waals surface area contributed by atoms with Crippen molar-refractivity contribution >= 4 is 46.2 Å². The SMILES string of the molecule is CCCOC(=S)Nc1ccccc1.CCCOC(=S)Nc1ccccc1. The minimum Gasteiger partial charge on any atom is -0.471 e. The van der Waals surface area contributed by atoms with Gasteiger partial charge in [0.05, 0.1) is 13.2 Å².